The van der Waals surface area contributed by atoms with Gasteiger partial charge in [-0.25, -0.2) is 0 Å². The van der Waals surface area contributed by atoms with E-state index in [2.05, 4.69) is 59.7 Å². The van der Waals surface area contributed by atoms with Gasteiger partial charge in [0, 0.05) is 13.4 Å². The highest BCUT2D eigenvalue weighted by Gasteiger charge is 2.39. The maximum atomic E-state index is 13.7. The maximum absolute atomic E-state index is 13.7. The van der Waals surface area contributed by atoms with Gasteiger partial charge < -0.3 is 10.6 Å². The Balaban J connectivity index is 2.13. The molecule has 0 aliphatic carbocycles. The number of hydrogen-bond donors (Lipinski definition) is 2. The molecule has 1 amide bonds. The van der Waals surface area contributed by atoms with Gasteiger partial charge in [0.05, 0.1) is 30.3 Å². The Bertz CT molecular complexity index is 1160. The Kier molecular flexibility index (Phi) is 10.5. The zero-order valence-corrected chi connectivity index (χ0v) is 22.8. The molecule has 0 heterocycles. The smallest absolute Gasteiger partial charge is 0.319 e. The molecule has 1 unspecified atom stereocenters. The number of rotatable bonds is 9. The first-order valence-electron chi connectivity index (χ1n) is 9.88. The van der Waals surface area contributed by atoms with Crippen molar-refractivity contribution in [3.63, 3.8) is 0 Å². The van der Waals surface area contributed by atoms with E-state index in [1.54, 1.807) is 6.07 Å². The van der Waals surface area contributed by atoms with Gasteiger partial charge in [0.25, 0.3) is 5.91 Å². The second kappa shape index (κ2) is 12.5. The van der Waals surface area contributed by atoms with E-state index in [-0.39, 0.29) is 15.6 Å². The van der Waals surface area contributed by atoms with Gasteiger partial charge in [0.1, 0.15) is 0 Å². The largest absolute Gasteiger partial charge is 0.401 e. The molecule has 1 atom stereocenters. The lowest BCUT2D eigenvalue weighted by atomic mass is 9.97. The molecule has 4 nitrogen and oxygen atoms in total. The summed E-state index contributed by atoms with van der Waals surface area (Å²) in [5.74, 6) is -3.52. The van der Waals surface area contributed by atoms with E-state index in [4.69, 9.17) is 0 Å². The lowest BCUT2D eigenvalue weighted by molar-refractivity contribution is -0.139. The van der Waals surface area contributed by atoms with Crippen molar-refractivity contribution in [2.24, 2.45) is 0 Å². The lowest BCUT2D eigenvalue weighted by Gasteiger charge is -2.18. The third kappa shape index (κ3) is 9.49. The predicted octanol–water partition coefficient (Wildman–Crippen LogP) is 7.30. The monoisotopic (exact) mass is 704 g/mol. The summed E-state index contributed by atoms with van der Waals surface area (Å²) in [5.41, 5.74) is -0.0117. The molecule has 2 N–H and O–H groups in total. The van der Waals surface area contributed by atoms with E-state index in [9.17, 15) is 35.9 Å². The van der Waals surface area contributed by atoms with Crippen LogP contribution in [0.25, 0.3) is 6.08 Å². The maximum Gasteiger partial charge on any atom is 0.401 e. The van der Waals surface area contributed by atoms with Crippen molar-refractivity contribution in [3.8, 4) is 0 Å². The van der Waals surface area contributed by atoms with Gasteiger partial charge in [-0.1, -0.05) is 56.7 Å². The number of amides is 1. The number of carbonyl (C=O) groups is 2. The van der Waals surface area contributed by atoms with Gasteiger partial charge in [0.2, 0.25) is 0 Å². The van der Waals surface area contributed by atoms with E-state index >= 15 is 0 Å². The summed E-state index contributed by atoms with van der Waals surface area (Å²) in [5, 5.41) is 4.10. The number of halogens is 9. The molecule has 2 rings (SSSR count). The second-order valence-corrected chi connectivity index (χ2v) is 10.1. The Morgan fingerprint density at radius 3 is 2.11 bits per heavy atom. The Morgan fingerprint density at radius 2 is 1.58 bits per heavy atom. The number of carbonyl (C=O) groups excluding carboxylic acids is 2. The molecule has 2 aromatic rings. The van der Waals surface area contributed by atoms with Crippen molar-refractivity contribution < 1.29 is 35.9 Å². The first-order chi connectivity index (χ1) is 16.6. The average molecular weight is 707 g/mol. The summed E-state index contributed by atoms with van der Waals surface area (Å²) in [7, 11) is 0. The molecular formula is C23H17Br3F6N2O2. The minimum absolute atomic E-state index is 0.0166. The Labute approximate surface area is 227 Å². The summed E-state index contributed by atoms with van der Waals surface area (Å²) in [4.78, 5) is 24.3. The number of benzene rings is 2. The highest BCUT2D eigenvalue weighted by Crippen LogP contribution is 2.38. The molecule has 0 bridgehead atoms. The van der Waals surface area contributed by atoms with E-state index in [1.165, 1.54) is 36.4 Å². The van der Waals surface area contributed by atoms with Crippen LogP contribution < -0.4 is 10.6 Å². The lowest BCUT2D eigenvalue weighted by Crippen LogP contribution is -2.36. The molecule has 36 heavy (non-hydrogen) atoms. The summed E-state index contributed by atoms with van der Waals surface area (Å²) in [6, 6.07) is 8.47. The second-order valence-electron chi connectivity index (χ2n) is 7.40. The third-order valence-corrected chi connectivity index (χ3v) is 6.10. The topological polar surface area (TPSA) is 58.2 Å². The number of ketones is 1. The van der Waals surface area contributed by atoms with Crippen LogP contribution in [0.2, 0.25) is 0 Å². The molecule has 0 spiro atoms. The third-order valence-electron chi connectivity index (χ3n) is 4.53. The number of alkyl halides is 6. The van der Waals surface area contributed by atoms with Crippen molar-refractivity contribution in [2.45, 2.75) is 18.3 Å². The van der Waals surface area contributed by atoms with Gasteiger partial charge in [-0.05, 0) is 57.4 Å². The highest BCUT2D eigenvalue weighted by atomic mass is 79.9. The van der Waals surface area contributed by atoms with Gasteiger partial charge in [-0.15, -0.1) is 0 Å². The molecule has 13 heteroatoms. The molecule has 2 aromatic carbocycles. The zero-order valence-electron chi connectivity index (χ0n) is 18.0. The van der Waals surface area contributed by atoms with Crippen molar-refractivity contribution >= 4 is 65.6 Å². The first-order valence-corrected chi connectivity index (χ1v) is 12.3. The number of hydrogen-bond acceptors (Lipinski definition) is 3. The fourth-order valence-electron chi connectivity index (χ4n) is 2.89. The minimum atomic E-state index is -4.56. The van der Waals surface area contributed by atoms with Crippen LogP contribution in [0, 0.1) is 0 Å². The predicted molar refractivity (Wildman–Crippen MR) is 134 cm³/mol. The number of nitrogens with one attached hydrogen (secondary N) is 2. The molecule has 0 aromatic heterocycles. The molecule has 194 valence electrons. The number of Topliss-reactive ketones (excluding diaryl/α,β-unsaturated/α-hetero) is 1. The molecule has 0 radical (unpaired) electrons. The Morgan fingerprint density at radius 1 is 0.972 bits per heavy atom. The van der Waals surface area contributed by atoms with Crippen molar-refractivity contribution in [3.05, 3.63) is 84.9 Å². The molecule has 0 aliphatic heterocycles. The summed E-state index contributed by atoms with van der Waals surface area (Å²) in [6.07, 6.45) is -6.81. The van der Waals surface area contributed by atoms with Gasteiger partial charge in [0.15, 0.2) is 5.78 Å². The van der Waals surface area contributed by atoms with E-state index in [1.807, 2.05) is 5.32 Å². The molecule has 0 aliphatic rings. The van der Waals surface area contributed by atoms with Gasteiger partial charge >= 0.3 is 12.4 Å². The van der Waals surface area contributed by atoms with Crippen LogP contribution in [0.5, 0.6) is 0 Å². The van der Waals surface area contributed by atoms with Gasteiger partial charge in [-0.2, -0.15) is 26.3 Å². The molecule has 0 saturated carbocycles. The fraction of sp³-hybridized carbons (Fsp3) is 0.217. The standard InChI is InChI=1S/C23H17Br3F6N2O2/c1-12(20(35)10-33-11-22(27,28)29)34-21(36)17-4-2-13(6-19(17)26)3-5-18(23(30,31)32)14-7-15(24)9-16(25)8-14/h2-9,18,33H,1,10-11H2,(H,34,36)/b5-3+. The summed E-state index contributed by atoms with van der Waals surface area (Å²) >= 11 is 9.53. The normalized spacial score (nSPS) is 13.0. The molecular weight excluding hydrogens is 690 g/mol. The van der Waals surface area contributed by atoms with Crippen molar-refractivity contribution in [2.75, 3.05) is 13.1 Å². The zero-order chi connectivity index (χ0) is 27.3. The van der Waals surface area contributed by atoms with Crippen molar-refractivity contribution in [1.82, 2.24) is 10.6 Å². The van der Waals surface area contributed by atoms with Crippen LogP contribution in [0.1, 0.15) is 27.4 Å². The number of allylic oxidation sites excluding steroid dienone is 1. The fourth-order valence-corrected chi connectivity index (χ4v) is 4.79. The molecule has 0 fully saturated rings. The SMILES string of the molecule is C=C(NC(=O)c1ccc(/C=C/C(c2cc(Br)cc(Br)c2)C(F)(F)F)cc1Br)C(=O)CNCC(F)(F)F. The van der Waals surface area contributed by atoms with Gasteiger partial charge in [-0.3, -0.25) is 9.59 Å². The van der Waals surface area contributed by atoms with Crippen LogP contribution in [0.15, 0.2) is 68.2 Å². The summed E-state index contributed by atoms with van der Waals surface area (Å²) in [6.45, 7) is 1.29. The van der Waals surface area contributed by atoms with Crippen LogP contribution in [-0.4, -0.2) is 37.1 Å². The first kappa shape index (κ1) is 30.3. The molecule has 0 saturated heterocycles. The highest BCUT2D eigenvalue weighted by molar-refractivity contribution is 9.11. The van der Waals surface area contributed by atoms with E-state index in [0.29, 0.717) is 14.5 Å². The van der Waals surface area contributed by atoms with Crippen LogP contribution in [0.4, 0.5) is 26.3 Å². The van der Waals surface area contributed by atoms with Crippen LogP contribution in [-0.2, 0) is 4.79 Å². The van der Waals surface area contributed by atoms with Crippen molar-refractivity contribution in [1.29, 1.82) is 0 Å². The van der Waals surface area contributed by atoms with E-state index in [0.717, 1.165) is 6.08 Å². The summed E-state index contributed by atoms with van der Waals surface area (Å²) < 4.78 is 78.7. The average Bonchev–Trinajstić information content (AvgIpc) is 2.71. The van der Waals surface area contributed by atoms with Crippen LogP contribution in [0.3, 0.4) is 0 Å². The Hall–Kier alpha value is -1.96. The van der Waals surface area contributed by atoms with Crippen LogP contribution >= 0.6 is 47.8 Å². The minimum Gasteiger partial charge on any atom is -0.319 e. The van der Waals surface area contributed by atoms with E-state index < -0.39 is 48.7 Å². The quantitative estimate of drug-likeness (QED) is 0.213.